The summed E-state index contributed by atoms with van der Waals surface area (Å²) in [7, 11) is 0. The third-order valence-corrected chi connectivity index (χ3v) is 2.59. The van der Waals surface area contributed by atoms with E-state index in [1.54, 1.807) is 24.3 Å². The molecule has 1 amide bonds. The summed E-state index contributed by atoms with van der Waals surface area (Å²) in [4.78, 5) is 34.5. The number of nitrogens with one attached hydrogen (secondary N) is 1. The number of fused-ring (bicyclic) bond motifs is 1. The van der Waals surface area contributed by atoms with Crippen LogP contribution in [0.25, 0.3) is 6.08 Å². The molecule has 0 saturated heterocycles. The summed E-state index contributed by atoms with van der Waals surface area (Å²) in [6.45, 7) is 0. The summed E-state index contributed by atoms with van der Waals surface area (Å²) in [5.74, 6) is -2.12. The standard InChI is InChI=1S/C12H8ClNO3/c13-6-10(15)14-9-5-7-3-1-2-4-8(7)11(16)12(9)17/h1-5H,6H2,(H,14,15). The molecule has 1 aliphatic carbocycles. The molecule has 0 spiro atoms. The van der Waals surface area contributed by atoms with E-state index in [4.69, 9.17) is 11.6 Å². The van der Waals surface area contributed by atoms with E-state index in [9.17, 15) is 14.4 Å². The molecule has 0 atom stereocenters. The van der Waals surface area contributed by atoms with Gasteiger partial charge in [0, 0.05) is 5.56 Å². The molecule has 1 aliphatic rings. The van der Waals surface area contributed by atoms with Gasteiger partial charge < -0.3 is 5.32 Å². The first-order valence-corrected chi connectivity index (χ1v) is 5.42. The monoisotopic (exact) mass is 249 g/mol. The van der Waals surface area contributed by atoms with Gasteiger partial charge in [-0.25, -0.2) is 0 Å². The average molecular weight is 250 g/mol. The van der Waals surface area contributed by atoms with Gasteiger partial charge in [0.1, 0.15) is 5.88 Å². The third-order valence-electron chi connectivity index (χ3n) is 2.35. The van der Waals surface area contributed by atoms with Crippen LogP contribution in [0.15, 0.2) is 30.0 Å². The van der Waals surface area contributed by atoms with Gasteiger partial charge in [-0.05, 0) is 11.6 Å². The first-order valence-electron chi connectivity index (χ1n) is 4.89. The van der Waals surface area contributed by atoms with Crippen LogP contribution in [0, 0.1) is 0 Å². The molecule has 1 aromatic carbocycles. The van der Waals surface area contributed by atoms with Crippen LogP contribution in [0.2, 0.25) is 0 Å². The Bertz CT molecular complexity index is 548. The van der Waals surface area contributed by atoms with Crippen molar-refractivity contribution in [2.75, 3.05) is 5.88 Å². The lowest BCUT2D eigenvalue weighted by molar-refractivity contribution is -0.120. The number of Topliss-reactive ketones (excluding diaryl/α,β-unsaturated/α-hetero) is 2. The molecular formula is C12H8ClNO3. The minimum atomic E-state index is -0.720. The van der Waals surface area contributed by atoms with Gasteiger partial charge in [-0.2, -0.15) is 0 Å². The number of hydrogen-bond acceptors (Lipinski definition) is 3. The Kier molecular flexibility index (Phi) is 3.06. The van der Waals surface area contributed by atoms with Gasteiger partial charge in [0.2, 0.25) is 17.5 Å². The summed E-state index contributed by atoms with van der Waals surface area (Å²) < 4.78 is 0. The van der Waals surface area contributed by atoms with Gasteiger partial charge >= 0.3 is 0 Å². The first-order chi connectivity index (χ1) is 8.13. The maximum absolute atomic E-state index is 11.7. The van der Waals surface area contributed by atoms with Crippen LogP contribution in [-0.2, 0) is 9.59 Å². The number of carbonyl (C=O) groups excluding carboxylic acids is 3. The number of hydrogen-bond donors (Lipinski definition) is 1. The number of carbonyl (C=O) groups is 3. The Hall–Kier alpha value is -1.94. The van der Waals surface area contributed by atoms with Crippen molar-refractivity contribution < 1.29 is 14.4 Å². The number of benzene rings is 1. The van der Waals surface area contributed by atoms with E-state index in [0.29, 0.717) is 11.1 Å². The number of ketones is 2. The third kappa shape index (κ3) is 2.12. The van der Waals surface area contributed by atoms with E-state index in [-0.39, 0.29) is 11.6 Å². The topological polar surface area (TPSA) is 63.2 Å². The van der Waals surface area contributed by atoms with Crippen LogP contribution >= 0.6 is 11.6 Å². The Morgan fingerprint density at radius 3 is 2.59 bits per heavy atom. The molecule has 1 N–H and O–H groups in total. The van der Waals surface area contributed by atoms with Crippen molar-refractivity contribution in [2.24, 2.45) is 0 Å². The summed E-state index contributed by atoms with van der Waals surface area (Å²) >= 11 is 5.32. The van der Waals surface area contributed by atoms with E-state index < -0.39 is 17.5 Å². The van der Waals surface area contributed by atoms with Crippen molar-refractivity contribution in [2.45, 2.75) is 0 Å². The molecule has 0 radical (unpaired) electrons. The highest BCUT2D eigenvalue weighted by Crippen LogP contribution is 2.20. The molecule has 0 fully saturated rings. The van der Waals surface area contributed by atoms with Crippen LogP contribution < -0.4 is 5.32 Å². The van der Waals surface area contributed by atoms with Crippen LogP contribution in [0.5, 0.6) is 0 Å². The van der Waals surface area contributed by atoms with Crippen LogP contribution in [0.1, 0.15) is 15.9 Å². The van der Waals surface area contributed by atoms with Crippen molar-refractivity contribution in [3.05, 3.63) is 41.1 Å². The van der Waals surface area contributed by atoms with Crippen LogP contribution in [-0.4, -0.2) is 23.4 Å². The van der Waals surface area contributed by atoms with Crippen molar-refractivity contribution in [1.82, 2.24) is 5.32 Å². The van der Waals surface area contributed by atoms with Gasteiger partial charge in [-0.15, -0.1) is 11.6 Å². The highest BCUT2D eigenvalue weighted by Gasteiger charge is 2.27. The fraction of sp³-hybridized carbons (Fsp3) is 0.0833. The zero-order chi connectivity index (χ0) is 12.4. The van der Waals surface area contributed by atoms with Gasteiger partial charge in [0.15, 0.2) is 0 Å². The maximum Gasteiger partial charge on any atom is 0.249 e. The second-order valence-corrected chi connectivity index (χ2v) is 3.75. The van der Waals surface area contributed by atoms with E-state index >= 15 is 0 Å². The zero-order valence-corrected chi connectivity index (χ0v) is 9.45. The molecule has 0 aliphatic heterocycles. The highest BCUT2D eigenvalue weighted by atomic mass is 35.5. The summed E-state index contributed by atoms with van der Waals surface area (Å²) in [5, 5.41) is 2.31. The predicted octanol–water partition coefficient (Wildman–Crippen LogP) is 1.15. The van der Waals surface area contributed by atoms with Crippen LogP contribution in [0.4, 0.5) is 0 Å². The van der Waals surface area contributed by atoms with Crippen molar-refractivity contribution in [1.29, 1.82) is 0 Å². The Morgan fingerprint density at radius 2 is 1.88 bits per heavy atom. The average Bonchev–Trinajstić information content (AvgIpc) is 2.35. The smallest absolute Gasteiger partial charge is 0.249 e. The van der Waals surface area contributed by atoms with E-state index in [0.717, 1.165) is 0 Å². The molecule has 2 rings (SSSR count). The Labute approximate surface area is 102 Å². The lowest BCUT2D eigenvalue weighted by atomic mass is 9.93. The molecule has 0 saturated carbocycles. The summed E-state index contributed by atoms with van der Waals surface area (Å²) in [6, 6.07) is 6.71. The lowest BCUT2D eigenvalue weighted by Crippen LogP contribution is -2.33. The van der Waals surface area contributed by atoms with E-state index in [1.165, 1.54) is 6.08 Å². The minimum absolute atomic E-state index is 0.0284. The number of halogens is 1. The molecule has 86 valence electrons. The first kappa shape index (κ1) is 11.5. The van der Waals surface area contributed by atoms with E-state index in [1.807, 2.05) is 0 Å². The maximum atomic E-state index is 11.7. The minimum Gasteiger partial charge on any atom is -0.322 e. The second-order valence-electron chi connectivity index (χ2n) is 3.49. The van der Waals surface area contributed by atoms with Crippen molar-refractivity contribution >= 4 is 35.2 Å². The predicted molar refractivity (Wildman–Crippen MR) is 62.6 cm³/mol. The van der Waals surface area contributed by atoms with Gasteiger partial charge in [0.25, 0.3) is 0 Å². The second kappa shape index (κ2) is 4.51. The molecule has 1 aromatic rings. The Balaban J connectivity index is 2.42. The highest BCUT2D eigenvalue weighted by molar-refractivity contribution is 6.52. The fourth-order valence-corrected chi connectivity index (χ4v) is 1.64. The molecule has 0 heterocycles. The lowest BCUT2D eigenvalue weighted by Gasteiger charge is -2.14. The molecule has 0 aromatic heterocycles. The number of amides is 1. The largest absolute Gasteiger partial charge is 0.322 e. The van der Waals surface area contributed by atoms with E-state index in [2.05, 4.69) is 5.32 Å². The molecule has 0 unspecified atom stereocenters. The van der Waals surface area contributed by atoms with Gasteiger partial charge in [-0.1, -0.05) is 24.3 Å². The molecule has 4 nitrogen and oxygen atoms in total. The normalized spacial score (nSPS) is 14.1. The number of alkyl halides is 1. The fourth-order valence-electron chi connectivity index (χ4n) is 1.57. The van der Waals surface area contributed by atoms with Gasteiger partial charge in [0.05, 0.1) is 5.70 Å². The molecule has 5 heteroatoms. The quantitative estimate of drug-likeness (QED) is 0.632. The molecule has 0 bridgehead atoms. The zero-order valence-electron chi connectivity index (χ0n) is 8.70. The van der Waals surface area contributed by atoms with Crippen LogP contribution in [0.3, 0.4) is 0 Å². The molecular weight excluding hydrogens is 242 g/mol. The van der Waals surface area contributed by atoms with Crippen molar-refractivity contribution in [3.63, 3.8) is 0 Å². The van der Waals surface area contributed by atoms with Gasteiger partial charge in [-0.3, -0.25) is 14.4 Å². The molecule has 17 heavy (non-hydrogen) atoms. The van der Waals surface area contributed by atoms with Crippen molar-refractivity contribution in [3.8, 4) is 0 Å². The SMILES string of the molecule is O=C(CCl)NC1=Cc2ccccc2C(=O)C1=O. The number of allylic oxidation sites excluding steroid dienone is 1. The summed E-state index contributed by atoms with van der Waals surface area (Å²) in [5.41, 5.74) is 0.933. The summed E-state index contributed by atoms with van der Waals surface area (Å²) in [6.07, 6.45) is 1.48. The Morgan fingerprint density at radius 1 is 1.18 bits per heavy atom. The number of rotatable bonds is 2.